The first-order valence-corrected chi connectivity index (χ1v) is 6.78. The second kappa shape index (κ2) is 8.65. The van der Waals surface area contributed by atoms with Crippen molar-refractivity contribution in [2.24, 2.45) is 0 Å². The largest absolute Gasteiger partial charge is 0.343 e. The van der Waals surface area contributed by atoms with Gasteiger partial charge in [-0.1, -0.05) is 35.5 Å². The van der Waals surface area contributed by atoms with Crippen LogP contribution in [-0.2, 0) is 4.79 Å². The summed E-state index contributed by atoms with van der Waals surface area (Å²) >= 11 is 0. The summed E-state index contributed by atoms with van der Waals surface area (Å²) < 4.78 is 4.22. The summed E-state index contributed by atoms with van der Waals surface area (Å²) in [6.07, 6.45) is 6.12. The molecule has 6 nitrogen and oxygen atoms in total. The van der Waals surface area contributed by atoms with Gasteiger partial charge in [-0.2, -0.15) is 0 Å². The molecule has 0 unspecified atom stereocenters. The van der Waals surface area contributed by atoms with Gasteiger partial charge in [-0.3, -0.25) is 4.79 Å². The van der Waals surface area contributed by atoms with Crippen molar-refractivity contribution in [1.82, 2.24) is 20.4 Å². The normalized spacial score (nSPS) is 14.6. The number of hydrogen-bond donors (Lipinski definition) is 1. The van der Waals surface area contributed by atoms with Crippen LogP contribution in [0.2, 0.25) is 0 Å². The number of amides is 1. The monoisotopic (exact) mass is 286 g/mol. The van der Waals surface area contributed by atoms with Crippen molar-refractivity contribution < 1.29 is 9.32 Å². The lowest BCUT2D eigenvalue weighted by atomic mass is 10.2. The maximum Gasteiger partial charge on any atom is 0.246 e. The van der Waals surface area contributed by atoms with Gasteiger partial charge in [-0.05, 0) is 11.6 Å². The number of rotatable bonds is 2. The molecule has 1 amide bonds. The van der Waals surface area contributed by atoms with Crippen molar-refractivity contribution in [2.45, 2.75) is 0 Å². The van der Waals surface area contributed by atoms with Crippen LogP contribution in [0.5, 0.6) is 0 Å². The summed E-state index contributed by atoms with van der Waals surface area (Å²) in [4.78, 5) is 17.1. The summed E-state index contributed by atoms with van der Waals surface area (Å²) in [5.74, 6) is 0.102. The second-order valence-corrected chi connectivity index (χ2v) is 4.40. The van der Waals surface area contributed by atoms with E-state index in [1.165, 1.54) is 12.7 Å². The van der Waals surface area contributed by atoms with E-state index in [2.05, 4.69) is 20.0 Å². The maximum absolute atomic E-state index is 11.8. The predicted octanol–water partition coefficient (Wildman–Crippen LogP) is 1.20. The zero-order chi connectivity index (χ0) is 14.8. The minimum Gasteiger partial charge on any atom is -0.343 e. The summed E-state index contributed by atoms with van der Waals surface area (Å²) in [7, 11) is 0. The van der Waals surface area contributed by atoms with Crippen molar-refractivity contribution in [1.29, 1.82) is 0 Å². The Hall–Kier alpha value is -2.47. The van der Waals surface area contributed by atoms with E-state index in [0.717, 1.165) is 31.7 Å². The fourth-order valence-electron chi connectivity index (χ4n) is 1.86. The van der Waals surface area contributed by atoms with Gasteiger partial charge in [0, 0.05) is 32.3 Å². The van der Waals surface area contributed by atoms with Gasteiger partial charge in [-0.25, -0.2) is 4.98 Å². The molecule has 1 saturated heterocycles. The van der Waals surface area contributed by atoms with Gasteiger partial charge in [0.15, 0.2) is 6.33 Å². The average Bonchev–Trinajstić information content (AvgIpc) is 3.14. The average molecular weight is 286 g/mol. The van der Waals surface area contributed by atoms with Crippen molar-refractivity contribution in [3.05, 3.63) is 54.7 Å². The fraction of sp³-hybridized carbons (Fsp3) is 0.267. The molecule has 21 heavy (non-hydrogen) atoms. The molecule has 1 fully saturated rings. The zero-order valence-electron chi connectivity index (χ0n) is 11.7. The lowest BCUT2D eigenvalue weighted by Crippen LogP contribution is -2.45. The lowest BCUT2D eigenvalue weighted by Gasteiger charge is -2.26. The van der Waals surface area contributed by atoms with Crippen LogP contribution in [0.4, 0.5) is 0 Å². The van der Waals surface area contributed by atoms with Gasteiger partial charge < -0.3 is 14.7 Å². The van der Waals surface area contributed by atoms with Gasteiger partial charge in [0.25, 0.3) is 0 Å². The summed E-state index contributed by atoms with van der Waals surface area (Å²) in [6, 6.07) is 9.88. The highest BCUT2D eigenvalue weighted by atomic mass is 16.5. The SMILES string of the molecule is O=C(C=Cc1ccccc1)N1CCNCC1.c1ncon1. The van der Waals surface area contributed by atoms with Crippen LogP contribution in [0.1, 0.15) is 5.56 Å². The van der Waals surface area contributed by atoms with Gasteiger partial charge >= 0.3 is 0 Å². The Labute approximate surface area is 123 Å². The molecule has 0 radical (unpaired) electrons. The van der Waals surface area contributed by atoms with E-state index in [4.69, 9.17) is 0 Å². The third kappa shape index (κ3) is 5.58. The molecular formula is C15H18N4O2. The quantitative estimate of drug-likeness (QED) is 0.840. The third-order valence-corrected chi connectivity index (χ3v) is 2.93. The molecule has 0 aliphatic carbocycles. The first-order chi connectivity index (χ1) is 10.4. The highest BCUT2D eigenvalue weighted by Crippen LogP contribution is 2.02. The summed E-state index contributed by atoms with van der Waals surface area (Å²) in [5, 5.41) is 6.46. The van der Waals surface area contributed by atoms with E-state index in [0.29, 0.717) is 0 Å². The molecule has 3 rings (SSSR count). The number of carbonyl (C=O) groups is 1. The molecule has 1 N–H and O–H groups in total. The predicted molar refractivity (Wildman–Crippen MR) is 79.2 cm³/mol. The Morgan fingerprint density at radius 2 is 2.00 bits per heavy atom. The first kappa shape index (κ1) is 14.9. The van der Waals surface area contributed by atoms with Crippen molar-refractivity contribution in [3.8, 4) is 0 Å². The van der Waals surface area contributed by atoms with Crippen molar-refractivity contribution >= 4 is 12.0 Å². The van der Waals surface area contributed by atoms with E-state index in [9.17, 15) is 4.79 Å². The summed E-state index contributed by atoms with van der Waals surface area (Å²) in [5.41, 5.74) is 1.06. The highest BCUT2D eigenvalue weighted by molar-refractivity contribution is 5.91. The number of carbonyl (C=O) groups excluding carboxylic acids is 1. The number of benzene rings is 1. The Balaban J connectivity index is 0.000000272. The molecule has 110 valence electrons. The van der Waals surface area contributed by atoms with Crippen LogP contribution >= 0.6 is 0 Å². The number of nitrogens with zero attached hydrogens (tertiary/aromatic N) is 3. The number of piperazine rings is 1. The van der Waals surface area contributed by atoms with E-state index < -0.39 is 0 Å². The van der Waals surface area contributed by atoms with Gasteiger partial charge in [0.05, 0.1) is 0 Å². The fourth-order valence-corrected chi connectivity index (χ4v) is 1.86. The van der Waals surface area contributed by atoms with E-state index in [1.807, 2.05) is 41.3 Å². The van der Waals surface area contributed by atoms with Crippen molar-refractivity contribution in [3.63, 3.8) is 0 Å². The van der Waals surface area contributed by atoms with Crippen LogP contribution in [0.15, 0.2) is 53.7 Å². The minimum atomic E-state index is 0.102. The molecule has 1 aliphatic rings. The number of nitrogens with one attached hydrogen (secondary N) is 1. The molecule has 2 aromatic rings. The van der Waals surface area contributed by atoms with Crippen LogP contribution in [-0.4, -0.2) is 47.1 Å². The van der Waals surface area contributed by atoms with E-state index in [-0.39, 0.29) is 5.91 Å². The summed E-state index contributed by atoms with van der Waals surface area (Å²) in [6.45, 7) is 3.39. The molecule has 6 heteroatoms. The van der Waals surface area contributed by atoms with Crippen LogP contribution in [0.3, 0.4) is 0 Å². The lowest BCUT2D eigenvalue weighted by molar-refractivity contribution is -0.126. The van der Waals surface area contributed by atoms with Crippen LogP contribution < -0.4 is 5.32 Å². The Kier molecular flexibility index (Phi) is 6.15. The zero-order valence-corrected chi connectivity index (χ0v) is 11.7. The van der Waals surface area contributed by atoms with Crippen LogP contribution in [0.25, 0.3) is 6.08 Å². The van der Waals surface area contributed by atoms with Crippen LogP contribution in [0, 0.1) is 0 Å². The molecule has 0 atom stereocenters. The molecule has 0 spiro atoms. The smallest absolute Gasteiger partial charge is 0.246 e. The molecule has 2 heterocycles. The highest BCUT2D eigenvalue weighted by Gasteiger charge is 2.12. The molecule has 1 aliphatic heterocycles. The first-order valence-electron chi connectivity index (χ1n) is 6.78. The Bertz CT molecular complexity index is 517. The number of hydrogen-bond acceptors (Lipinski definition) is 5. The minimum absolute atomic E-state index is 0.102. The maximum atomic E-state index is 11.8. The van der Waals surface area contributed by atoms with Gasteiger partial charge in [-0.15, -0.1) is 0 Å². The van der Waals surface area contributed by atoms with Crippen molar-refractivity contribution in [2.75, 3.05) is 26.2 Å². The van der Waals surface area contributed by atoms with Gasteiger partial charge in [0.1, 0.15) is 0 Å². The molecule has 1 aromatic carbocycles. The Morgan fingerprint density at radius 1 is 1.24 bits per heavy atom. The molecular weight excluding hydrogens is 268 g/mol. The Morgan fingerprint density at radius 3 is 2.57 bits per heavy atom. The standard InChI is InChI=1S/C13H16N2O.C2H2N2O/c16-13(15-10-8-14-9-11-15)7-6-12-4-2-1-3-5-12;1-3-2-5-4-1/h1-7,14H,8-11H2;1-2H. The number of aromatic nitrogens is 2. The molecule has 0 bridgehead atoms. The van der Waals surface area contributed by atoms with Gasteiger partial charge in [0.2, 0.25) is 12.3 Å². The molecule has 1 aromatic heterocycles. The molecule has 0 saturated carbocycles. The second-order valence-electron chi connectivity index (χ2n) is 4.40. The van der Waals surface area contributed by atoms with E-state index in [1.54, 1.807) is 6.08 Å². The third-order valence-electron chi connectivity index (χ3n) is 2.93. The topological polar surface area (TPSA) is 71.3 Å². The van der Waals surface area contributed by atoms with E-state index >= 15 is 0 Å².